The summed E-state index contributed by atoms with van der Waals surface area (Å²) in [5.74, 6) is -1.87. The minimum atomic E-state index is -1.35. The third-order valence-electron chi connectivity index (χ3n) is 5.98. The lowest BCUT2D eigenvalue weighted by Crippen LogP contribution is -2.58. The van der Waals surface area contributed by atoms with Gasteiger partial charge in [0.05, 0.1) is 6.42 Å². The topological polar surface area (TPSA) is 131 Å². The molecule has 0 saturated carbocycles. The largest absolute Gasteiger partial charge is 0.444 e. The number of nitrogens with one attached hydrogen (secondary N) is 2. The average molecular weight is 539 g/mol. The lowest BCUT2D eigenvalue weighted by atomic mass is 9.94. The zero-order valence-electron chi connectivity index (χ0n) is 24.5. The number of hydrogen-bond acceptors (Lipinski definition) is 5. The molecule has 9 heteroatoms. The lowest BCUT2D eigenvalue weighted by molar-refractivity contribution is -0.147. The van der Waals surface area contributed by atoms with Crippen LogP contribution in [-0.2, 0) is 19.1 Å². The molecular weight excluding hydrogens is 496 g/mol. The number of para-hydroxylation sites is 1. The third-order valence-corrected chi connectivity index (χ3v) is 5.98. The first-order valence-electron chi connectivity index (χ1n) is 13.0. The van der Waals surface area contributed by atoms with E-state index in [0.717, 1.165) is 16.7 Å². The molecule has 0 aliphatic heterocycles. The molecule has 9 nitrogen and oxygen atoms in total. The molecule has 0 spiro atoms. The number of amides is 4. The Hall–Kier alpha value is -3.88. The van der Waals surface area contributed by atoms with E-state index in [1.165, 1.54) is 4.90 Å². The molecular formula is C30H42N4O5. The number of primary amides is 1. The van der Waals surface area contributed by atoms with Gasteiger partial charge in [0.15, 0.2) is 0 Å². The molecule has 212 valence electrons. The van der Waals surface area contributed by atoms with Gasteiger partial charge in [-0.15, -0.1) is 0 Å². The molecule has 0 aliphatic carbocycles. The molecule has 2 aromatic rings. The molecule has 0 aromatic heterocycles. The quantitative estimate of drug-likeness (QED) is 0.449. The number of aryl methyl sites for hydroxylation is 3. The van der Waals surface area contributed by atoms with Crippen molar-refractivity contribution in [2.75, 3.05) is 5.32 Å². The van der Waals surface area contributed by atoms with Crippen molar-refractivity contribution < 1.29 is 23.9 Å². The van der Waals surface area contributed by atoms with Crippen LogP contribution in [0.4, 0.5) is 10.5 Å². The molecule has 2 atom stereocenters. The van der Waals surface area contributed by atoms with E-state index in [-0.39, 0.29) is 0 Å². The first kappa shape index (κ1) is 31.3. The minimum Gasteiger partial charge on any atom is -0.444 e. The maximum Gasteiger partial charge on any atom is 0.408 e. The molecule has 2 aromatic carbocycles. The molecule has 0 bridgehead atoms. The number of carbonyl (C=O) groups is 4. The zero-order chi connectivity index (χ0) is 29.7. The van der Waals surface area contributed by atoms with Crippen LogP contribution in [0, 0.1) is 20.8 Å². The smallest absolute Gasteiger partial charge is 0.408 e. The highest BCUT2D eigenvalue weighted by molar-refractivity contribution is 6.00. The van der Waals surface area contributed by atoms with Crippen LogP contribution in [-0.4, -0.2) is 45.9 Å². The van der Waals surface area contributed by atoms with E-state index in [1.54, 1.807) is 53.7 Å². The van der Waals surface area contributed by atoms with Crippen molar-refractivity contribution in [3.63, 3.8) is 0 Å². The van der Waals surface area contributed by atoms with Crippen molar-refractivity contribution in [2.24, 2.45) is 5.73 Å². The van der Waals surface area contributed by atoms with E-state index >= 15 is 0 Å². The van der Waals surface area contributed by atoms with Gasteiger partial charge in [-0.3, -0.25) is 14.4 Å². The Balaban J connectivity index is 2.63. The van der Waals surface area contributed by atoms with Gasteiger partial charge in [0, 0.05) is 11.2 Å². The Morgan fingerprint density at radius 1 is 0.897 bits per heavy atom. The second kappa shape index (κ2) is 12.3. The normalized spacial score (nSPS) is 13.2. The Labute approximate surface area is 231 Å². The van der Waals surface area contributed by atoms with Crippen LogP contribution in [0.3, 0.4) is 0 Å². The van der Waals surface area contributed by atoms with E-state index in [4.69, 9.17) is 10.5 Å². The third kappa shape index (κ3) is 8.84. The van der Waals surface area contributed by atoms with Crippen LogP contribution in [0.15, 0.2) is 42.5 Å². The van der Waals surface area contributed by atoms with Crippen LogP contribution in [0.5, 0.6) is 0 Å². The van der Waals surface area contributed by atoms with Crippen molar-refractivity contribution >= 4 is 29.5 Å². The maximum atomic E-state index is 14.2. The van der Waals surface area contributed by atoms with E-state index in [1.807, 2.05) is 51.1 Å². The second-order valence-electron chi connectivity index (χ2n) is 11.8. The highest BCUT2D eigenvalue weighted by Crippen LogP contribution is 2.32. The Kier molecular flexibility index (Phi) is 9.90. The first-order valence-corrected chi connectivity index (χ1v) is 13.0. The summed E-state index contributed by atoms with van der Waals surface area (Å²) in [7, 11) is 0. The fraction of sp³-hybridized carbons (Fsp3) is 0.467. The summed E-state index contributed by atoms with van der Waals surface area (Å²) >= 11 is 0. The summed E-state index contributed by atoms with van der Waals surface area (Å²) in [4.78, 5) is 54.2. The molecule has 0 saturated heterocycles. The van der Waals surface area contributed by atoms with Gasteiger partial charge >= 0.3 is 6.09 Å². The lowest BCUT2D eigenvalue weighted by Gasteiger charge is -2.43. The number of anilines is 1. The highest BCUT2D eigenvalue weighted by atomic mass is 16.6. The van der Waals surface area contributed by atoms with Gasteiger partial charge in [0.2, 0.25) is 11.8 Å². The zero-order valence-corrected chi connectivity index (χ0v) is 24.5. The van der Waals surface area contributed by atoms with E-state index in [2.05, 4.69) is 10.6 Å². The van der Waals surface area contributed by atoms with Crippen LogP contribution in [0.2, 0.25) is 0 Å². The number of hydrogen-bond donors (Lipinski definition) is 3. The first-order chi connectivity index (χ1) is 17.9. The molecule has 0 heterocycles. The molecule has 0 radical (unpaired) electrons. The van der Waals surface area contributed by atoms with Gasteiger partial charge in [0.25, 0.3) is 5.91 Å². The average Bonchev–Trinajstić information content (AvgIpc) is 2.77. The van der Waals surface area contributed by atoms with Crippen molar-refractivity contribution in [3.8, 4) is 0 Å². The summed E-state index contributed by atoms with van der Waals surface area (Å²) in [5, 5.41) is 5.51. The van der Waals surface area contributed by atoms with Crippen molar-refractivity contribution in [2.45, 2.75) is 92.0 Å². The van der Waals surface area contributed by atoms with Gasteiger partial charge in [-0.2, -0.15) is 0 Å². The monoisotopic (exact) mass is 538 g/mol. The molecule has 4 amide bonds. The number of ether oxygens (including phenoxy) is 1. The fourth-order valence-corrected chi connectivity index (χ4v) is 4.23. The molecule has 0 aliphatic rings. The molecule has 39 heavy (non-hydrogen) atoms. The SMILES string of the molecule is Cc1ccc(C(C(=O)Nc2c(C)cccc2C)N(C(=O)C(CC(N)=O)NC(=O)OC(C)(C)C)C(C)(C)C)cc1. The van der Waals surface area contributed by atoms with Crippen LogP contribution in [0.1, 0.15) is 76.3 Å². The van der Waals surface area contributed by atoms with E-state index in [0.29, 0.717) is 11.3 Å². The summed E-state index contributed by atoms with van der Waals surface area (Å²) < 4.78 is 5.32. The summed E-state index contributed by atoms with van der Waals surface area (Å²) in [6.45, 7) is 16.1. The number of carbonyl (C=O) groups excluding carboxylic acids is 4. The summed E-state index contributed by atoms with van der Waals surface area (Å²) in [5.41, 5.74) is 7.68. The highest BCUT2D eigenvalue weighted by Gasteiger charge is 2.42. The van der Waals surface area contributed by atoms with Crippen LogP contribution >= 0.6 is 0 Å². The minimum absolute atomic E-state index is 0.436. The van der Waals surface area contributed by atoms with Gasteiger partial charge < -0.3 is 26.0 Å². The Bertz CT molecular complexity index is 1190. The predicted molar refractivity (Wildman–Crippen MR) is 152 cm³/mol. The van der Waals surface area contributed by atoms with E-state index in [9.17, 15) is 19.2 Å². The number of nitrogens with two attached hydrogens (primary N) is 1. The molecule has 4 N–H and O–H groups in total. The Morgan fingerprint density at radius 2 is 1.44 bits per heavy atom. The number of nitrogens with zero attached hydrogens (tertiary/aromatic N) is 1. The van der Waals surface area contributed by atoms with Crippen LogP contribution < -0.4 is 16.4 Å². The fourth-order valence-electron chi connectivity index (χ4n) is 4.23. The predicted octanol–water partition coefficient (Wildman–Crippen LogP) is 4.69. The van der Waals surface area contributed by atoms with Crippen molar-refractivity contribution in [1.82, 2.24) is 10.2 Å². The van der Waals surface area contributed by atoms with Gasteiger partial charge in [-0.05, 0) is 79.0 Å². The Morgan fingerprint density at radius 3 is 1.90 bits per heavy atom. The van der Waals surface area contributed by atoms with E-state index < -0.39 is 53.5 Å². The van der Waals surface area contributed by atoms with Gasteiger partial charge in [-0.25, -0.2) is 4.79 Å². The number of benzene rings is 2. The standard InChI is InChI=1S/C30H42N4O5/c1-18-13-15-21(16-14-18)25(26(36)33-24-19(2)11-10-12-20(24)3)34(29(4,5)6)27(37)22(17-23(31)35)32-28(38)39-30(7,8)9/h10-16,22,25H,17H2,1-9H3,(H2,31,35)(H,32,38)(H,33,36). The molecule has 2 rings (SSSR count). The summed E-state index contributed by atoms with van der Waals surface area (Å²) in [6, 6.07) is 10.6. The van der Waals surface area contributed by atoms with Gasteiger partial charge in [-0.1, -0.05) is 48.0 Å². The van der Waals surface area contributed by atoms with Crippen molar-refractivity contribution in [1.29, 1.82) is 0 Å². The maximum absolute atomic E-state index is 14.2. The second-order valence-corrected chi connectivity index (χ2v) is 11.8. The number of alkyl carbamates (subject to hydrolysis) is 1. The van der Waals surface area contributed by atoms with Gasteiger partial charge in [0.1, 0.15) is 17.7 Å². The molecule has 0 fully saturated rings. The number of rotatable bonds is 8. The molecule has 2 unspecified atom stereocenters. The summed E-state index contributed by atoms with van der Waals surface area (Å²) in [6.07, 6.45) is -1.34. The van der Waals surface area contributed by atoms with Crippen molar-refractivity contribution in [3.05, 3.63) is 64.7 Å². The van der Waals surface area contributed by atoms with Crippen LogP contribution in [0.25, 0.3) is 0 Å².